The summed E-state index contributed by atoms with van der Waals surface area (Å²) in [6, 6.07) is 59.5. The Hall–Kier alpha value is -9.34. The van der Waals surface area contributed by atoms with E-state index in [0.717, 1.165) is 99.5 Å². The van der Waals surface area contributed by atoms with Gasteiger partial charge in [-0.15, -0.1) is 0 Å². The molecule has 0 aliphatic heterocycles. The first-order valence-electron chi connectivity index (χ1n) is 19.7. The summed E-state index contributed by atoms with van der Waals surface area (Å²) >= 11 is 0. The van der Waals surface area contributed by atoms with Gasteiger partial charge in [-0.3, -0.25) is 0 Å². The summed E-state index contributed by atoms with van der Waals surface area (Å²) in [7, 11) is 0. The molecular weight excluding hydrogens is 765 g/mol. The van der Waals surface area contributed by atoms with Gasteiger partial charge in [0.15, 0.2) is 11.4 Å². The van der Waals surface area contributed by atoms with Crippen LogP contribution in [0.3, 0.4) is 0 Å². The minimum atomic E-state index is 0.565. The summed E-state index contributed by atoms with van der Waals surface area (Å²) in [4.78, 5) is 11.4. The molecule has 0 spiro atoms. The van der Waals surface area contributed by atoms with E-state index in [1.807, 2.05) is 78.9 Å². The molecule has 0 fully saturated rings. The van der Waals surface area contributed by atoms with Crippen LogP contribution in [0.4, 0.5) is 45.5 Å². The minimum absolute atomic E-state index is 0.565. The molecule has 0 saturated heterocycles. The van der Waals surface area contributed by atoms with Crippen molar-refractivity contribution in [3.05, 3.63) is 204 Å². The number of anilines is 6. The fraction of sp³-hybridized carbons (Fsp3) is 0. The Bertz CT molecular complexity index is 3420. The molecule has 0 bridgehead atoms. The van der Waals surface area contributed by atoms with Gasteiger partial charge in [0.25, 0.3) is 0 Å². The second kappa shape index (κ2) is 14.2. The fourth-order valence-corrected chi connectivity index (χ4v) is 8.49. The molecular formula is C54H28N6O2. The van der Waals surface area contributed by atoms with Crippen molar-refractivity contribution in [1.82, 2.24) is 0 Å². The Morgan fingerprint density at radius 3 is 1.10 bits per heavy atom. The Morgan fingerprint density at radius 1 is 0.371 bits per heavy atom. The van der Waals surface area contributed by atoms with Crippen molar-refractivity contribution in [2.45, 2.75) is 0 Å². The average Bonchev–Trinajstić information content (AvgIpc) is 3.89. The second-order valence-corrected chi connectivity index (χ2v) is 15.0. The topological polar surface area (TPSA) is 89.1 Å². The Kier molecular flexibility index (Phi) is 8.19. The average molecular weight is 793 g/mol. The first-order valence-corrected chi connectivity index (χ1v) is 19.7. The summed E-state index contributed by atoms with van der Waals surface area (Å²) in [5.74, 6) is 0. The summed E-state index contributed by atoms with van der Waals surface area (Å²) < 4.78 is 13.3. The molecule has 0 radical (unpaired) electrons. The van der Waals surface area contributed by atoms with E-state index in [-0.39, 0.29) is 0 Å². The standard InChI is InChI=1S/C54H28N6O2/c1-57-37-9-17-41(18-10-37)60(42-19-11-38(58-2)12-20-42)44-22-26-46-36(28-44)8-24-48-50-29-49-47-23-7-35-27-43(21-25-45(35)53(47)61-51(49)30-52(50)62-54(46)48)59(39-13-3-33(31-55)4-14-39)40-15-5-34(32-56)6-16-40/h3-30H. The van der Waals surface area contributed by atoms with Crippen molar-refractivity contribution in [2.24, 2.45) is 0 Å². The van der Waals surface area contributed by atoms with Crippen LogP contribution in [0.15, 0.2) is 179 Å². The molecule has 0 N–H and O–H groups in total. The van der Waals surface area contributed by atoms with Crippen molar-refractivity contribution >= 4 is 111 Å². The van der Waals surface area contributed by atoms with Crippen molar-refractivity contribution in [3.8, 4) is 12.1 Å². The first kappa shape index (κ1) is 35.8. The molecule has 0 amide bonds. The predicted molar refractivity (Wildman–Crippen MR) is 247 cm³/mol. The third kappa shape index (κ3) is 5.81. The molecule has 0 atom stereocenters. The van der Waals surface area contributed by atoms with Gasteiger partial charge in [-0.1, -0.05) is 36.4 Å². The highest BCUT2D eigenvalue weighted by Crippen LogP contribution is 2.44. The lowest BCUT2D eigenvalue weighted by atomic mass is 10.0. The van der Waals surface area contributed by atoms with Crippen molar-refractivity contribution in [3.63, 3.8) is 0 Å². The molecule has 9 aromatic carbocycles. The highest BCUT2D eigenvalue weighted by atomic mass is 16.3. The van der Waals surface area contributed by atoms with Gasteiger partial charge < -0.3 is 18.6 Å². The molecule has 11 rings (SSSR count). The van der Waals surface area contributed by atoms with E-state index < -0.39 is 0 Å². The number of fused-ring (bicyclic) bond motifs is 10. The SMILES string of the molecule is [C-]#[N+]c1ccc(N(c2ccc([N+]#[C-])cc2)c2ccc3c(ccc4c5cc6c(cc5oc34)oc3c4ccc(N(c5ccc(C#N)cc5)c5ccc(C#N)cc5)cc4ccc63)c2)cc1. The van der Waals surface area contributed by atoms with Crippen LogP contribution >= 0.6 is 0 Å². The molecule has 62 heavy (non-hydrogen) atoms. The summed E-state index contributed by atoms with van der Waals surface area (Å²) in [5, 5.41) is 26.8. The quantitative estimate of drug-likeness (QED) is 0.156. The van der Waals surface area contributed by atoms with Crippen molar-refractivity contribution in [1.29, 1.82) is 10.5 Å². The van der Waals surface area contributed by atoms with Crippen molar-refractivity contribution < 1.29 is 8.83 Å². The third-order valence-electron chi connectivity index (χ3n) is 11.5. The highest BCUT2D eigenvalue weighted by Gasteiger charge is 2.20. The van der Waals surface area contributed by atoms with Crippen LogP contribution in [0.25, 0.3) is 75.1 Å². The smallest absolute Gasteiger partial charge is 0.187 e. The number of benzene rings is 9. The van der Waals surface area contributed by atoms with Crippen LogP contribution in [0.1, 0.15) is 11.1 Å². The van der Waals surface area contributed by atoms with E-state index in [1.54, 1.807) is 24.3 Å². The number of rotatable bonds is 6. The molecule has 2 heterocycles. The fourth-order valence-electron chi connectivity index (χ4n) is 8.49. The van der Waals surface area contributed by atoms with Crippen LogP contribution in [-0.4, -0.2) is 0 Å². The Morgan fingerprint density at radius 2 is 0.726 bits per heavy atom. The Balaban J connectivity index is 0.991. The van der Waals surface area contributed by atoms with Crippen LogP contribution in [0, 0.1) is 35.8 Å². The van der Waals surface area contributed by atoms with Gasteiger partial charge >= 0.3 is 0 Å². The van der Waals surface area contributed by atoms with E-state index in [1.165, 1.54) is 0 Å². The molecule has 286 valence electrons. The molecule has 0 saturated carbocycles. The van der Waals surface area contributed by atoms with Gasteiger partial charge in [0, 0.05) is 72.5 Å². The number of hydrogen-bond acceptors (Lipinski definition) is 6. The maximum Gasteiger partial charge on any atom is 0.187 e. The van der Waals surface area contributed by atoms with Crippen LogP contribution < -0.4 is 9.80 Å². The second-order valence-electron chi connectivity index (χ2n) is 15.0. The van der Waals surface area contributed by atoms with Crippen molar-refractivity contribution in [2.75, 3.05) is 9.80 Å². The van der Waals surface area contributed by atoms with Gasteiger partial charge in [-0.05, 0) is 138 Å². The lowest BCUT2D eigenvalue weighted by Crippen LogP contribution is -2.09. The molecule has 8 heteroatoms. The molecule has 0 aliphatic carbocycles. The summed E-state index contributed by atoms with van der Waals surface area (Å²) in [5.41, 5.74) is 10.7. The van der Waals surface area contributed by atoms with Gasteiger partial charge in [-0.2, -0.15) is 10.5 Å². The lowest BCUT2D eigenvalue weighted by Gasteiger charge is -2.26. The lowest BCUT2D eigenvalue weighted by molar-refractivity contribution is 0.660. The Labute approximate surface area is 354 Å². The monoisotopic (exact) mass is 792 g/mol. The van der Waals surface area contributed by atoms with Gasteiger partial charge in [0.1, 0.15) is 22.3 Å². The third-order valence-corrected chi connectivity index (χ3v) is 11.5. The zero-order chi connectivity index (χ0) is 41.9. The normalized spacial score (nSPS) is 11.2. The van der Waals surface area contributed by atoms with E-state index in [2.05, 4.69) is 98.4 Å². The first-order chi connectivity index (χ1) is 30.5. The maximum atomic E-state index is 9.43. The van der Waals surface area contributed by atoms with Crippen LogP contribution in [0.5, 0.6) is 0 Å². The number of nitriles is 2. The molecule has 2 aromatic heterocycles. The van der Waals surface area contributed by atoms with Gasteiger partial charge in [0.05, 0.1) is 36.4 Å². The summed E-state index contributed by atoms with van der Waals surface area (Å²) in [6.45, 7) is 14.9. The summed E-state index contributed by atoms with van der Waals surface area (Å²) in [6.07, 6.45) is 0. The highest BCUT2D eigenvalue weighted by molar-refractivity contribution is 6.22. The van der Waals surface area contributed by atoms with Gasteiger partial charge in [-0.25, -0.2) is 9.69 Å². The van der Waals surface area contributed by atoms with E-state index in [9.17, 15) is 10.5 Å². The van der Waals surface area contributed by atoms with Crippen LogP contribution in [0.2, 0.25) is 0 Å². The van der Waals surface area contributed by atoms with E-state index in [0.29, 0.717) is 22.5 Å². The number of nitrogens with zero attached hydrogens (tertiary/aromatic N) is 6. The molecule has 8 nitrogen and oxygen atoms in total. The van der Waals surface area contributed by atoms with Crippen LogP contribution in [-0.2, 0) is 0 Å². The largest absolute Gasteiger partial charge is 0.455 e. The molecule has 0 aliphatic rings. The predicted octanol–water partition coefficient (Wildman–Crippen LogP) is 15.6. The zero-order valence-electron chi connectivity index (χ0n) is 32.7. The number of hydrogen-bond donors (Lipinski definition) is 0. The van der Waals surface area contributed by atoms with E-state index >= 15 is 0 Å². The molecule has 11 aromatic rings. The zero-order valence-corrected chi connectivity index (χ0v) is 32.7. The maximum absolute atomic E-state index is 9.43. The van der Waals surface area contributed by atoms with E-state index in [4.69, 9.17) is 22.0 Å². The molecule has 0 unspecified atom stereocenters. The number of furan rings is 2. The minimum Gasteiger partial charge on any atom is -0.455 e. The van der Waals surface area contributed by atoms with Gasteiger partial charge in [0.2, 0.25) is 0 Å².